The molecule has 4 aromatic carbocycles. The third-order valence-electron chi connectivity index (χ3n) is 9.35. The zero-order valence-corrected chi connectivity index (χ0v) is 30.4. The smallest absolute Gasteiger partial charge is 0.399 e. The van der Waals surface area contributed by atoms with Crippen LogP contribution in [0.5, 0.6) is 23.0 Å². The molecule has 0 bridgehead atoms. The minimum atomic E-state index is -4.59. The van der Waals surface area contributed by atoms with Gasteiger partial charge >= 0.3 is 12.4 Å². The summed E-state index contributed by atoms with van der Waals surface area (Å²) < 4.78 is 120. The summed E-state index contributed by atoms with van der Waals surface area (Å²) in [5, 5.41) is 10.6. The topological polar surface area (TPSA) is 82.2 Å². The molecule has 13 heteroatoms. The maximum absolute atomic E-state index is 14.4. The lowest BCUT2D eigenvalue weighted by Crippen LogP contribution is -2.26. The maximum atomic E-state index is 14.4. The van der Waals surface area contributed by atoms with Crippen LogP contribution in [-0.4, -0.2) is 68.5 Å². The molecule has 290 valence electrons. The summed E-state index contributed by atoms with van der Waals surface area (Å²) in [6, 6.07) is 17.2. The minimum Gasteiger partial charge on any atom is -0.491 e. The minimum absolute atomic E-state index is 0.0161. The molecule has 1 N–H and O–H groups in total. The van der Waals surface area contributed by atoms with Gasteiger partial charge in [0, 0.05) is 6.92 Å². The van der Waals surface area contributed by atoms with Gasteiger partial charge < -0.3 is 33.5 Å². The Hall–Kier alpha value is -4.46. The second-order valence-electron chi connectivity index (χ2n) is 14.1. The molecule has 7 nitrogen and oxygen atoms in total. The van der Waals surface area contributed by atoms with Gasteiger partial charge in [0.2, 0.25) is 5.79 Å². The molecule has 2 aliphatic rings. The van der Waals surface area contributed by atoms with Gasteiger partial charge in [-0.2, -0.15) is 26.3 Å². The fourth-order valence-electron chi connectivity index (χ4n) is 6.31. The number of aliphatic hydroxyl groups excluding tert-OH is 1. The van der Waals surface area contributed by atoms with Crippen molar-refractivity contribution in [3.8, 4) is 23.0 Å². The number of epoxide rings is 2. The predicted molar refractivity (Wildman–Crippen MR) is 188 cm³/mol. The summed E-state index contributed by atoms with van der Waals surface area (Å²) in [4.78, 5) is 0. The normalized spacial score (nSPS) is 19.8. The molecule has 4 aromatic rings. The summed E-state index contributed by atoms with van der Waals surface area (Å²) in [6.07, 6.45) is -10.3. The van der Waals surface area contributed by atoms with E-state index in [1.54, 1.807) is 34.6 Å². The van der Waals surface area contributed by atoms with E-state index in [4.69, 9.17) is 28.4 Å². The summed E-state index contributed by atoms with van der Waals surface area (Å²) in [7, 11) is 0. The molecule has 2 fully saturated rings. The summed E-state index contributed by atoms with van der Waals surface area (Å²) in [6.45, 7) is 9.22. The van der Waals surface area contributed by atoms with Gasteiger partial charge in [-0.25, -0.2) is 0 Å². The third-order valence-corrected chi connectivity index (χ3v) is 9.35. The van der Waals surface area contributed by atoms with Gasteiger partial charge in [-0.3, -0.25) is 0 Å². The zero-order chi connectivity index (χ0) is 39.0. The lowest BCUT2D eigenvalue weighted by Gasteiger charge is -2.24. The highest BCUT2D eigenvalue weighted by Crippen LogP contribution is 2.44. The van der Waals surface area contributed by atoms with Gasteiger partial charge in [-0.1, -0.05) is 48.5 Å². The molecular formula is C41H42F6O7. The highest BCUT2D eigenvalue weighted by atomic mass is 19.4. The molecule has 2 aliphatic heterocycles. The number of hydrogen-bond acceptors (Lipinski definition) is 7. The van der Waals surface area contributed by atoms with Crippen LogP contribution in [0.2, 0.25) is 0 Å². The molecule has 6 rings (SSSR count). The number of aryl methyl sites for hydroxylation is 4. The Morgan fingerprint density at radius 1 is 0.648 bits per heavy atom. The quantitative estimate of drug-likeness (QED) is 0.0957. The van der Waals surface area contributed by atoms with E-state index < -0.39 is 36.1 Å². The van der Waals surface area contributed by atoms with Crippen molar-refractivity contribution in [3.63, 3.8) is 0 Å². The van der Waals surface area contributed by atoms with Gasteiger partial charge in [0.05, 0.1) is 6.61 Å². The van der Waals surface area contributed by atoms with Crippen molar-refractivity contribution in [1.29, 1.82) is 0 Å². The van der Waals surface area contributed by atoms with Gasteiger partial charge in [-0.15, -0.1) is 0 Å². The van der Waals surface area contributed by atoms with Crippen molar-refractivity contribution in [2.45, 2.75) is 76.8 Å². The van der Waals surface area contributed by atoms with Crippen LogP contribution in [0.25, 0.3) is 0 Å². The number of rotatable bonds is 15. The largest absolute Gasteiger partial charge is 0.491 e. The number of ether oxygens (including phenoxy) is 6. The van der Waals surface area contributed by atoms with Gasteiger partial charge in [0.15, 0.2) is 0 Å². The Balaban J connectivity index is 1.07. The number of aliphatic hydroxyl groups is 1. The summed E-state index contributed by atoms with van der Waals surface area (Å²) in [5.41, 5.74) is 2.17. The van der Waals surface area contributed by atoms with E-state index in [9.17, 15) is 31.4 Å². The SMILES string of the molecule is Cc1cc(C(c2ccc(OCC3CO3)c(C)c2)C(F)(F)F)ccc1OCC(O)COc1ccc(C(c2ccc(OC3(C)CO3)c(C)c2)C(F)(F)F)cc1C. The average molecular weight is 761 g/mol. The van der Waals surface area contributed by atoms with Crippen molar-refractivity contribution < 1.29 is 59.9 Å². The van der Waals surface area contributed by atoms with Crippen molar-refractivity contribution in [1.82, 2.24) is 0 Å². The van der Waals surface area contributed by atoms with Gasteiger partial charge in [-0.05, 0) is 96.5 Å². The lowest BCUT2D eigenvalue weighted by molar-refractivity contribution is -0.142. The molecule has 2 saturated heterocycles. The average Bonchev–Trinajstić information content (AvgIpc) is 4.02. The Morgan fingerprint density at radius 2 is 1.00 bits per heavy atom. The first-order chi connectivity index (χ1) is 25.4. The number of halogens is 6. The van der Waals surface area contributed by atoms with Crippen LogP contribution in [0.4, 0.5) is 26.3 Å². The van der Waals surface area contributed by atoms with E-state index >= 15 is 0 Å². The Morgan fingerprint density at radius 3 is 1.31 bits per heavy atom. The van der Waals surface area contributed by atoms with Crippen molar-refractivity contribution >= 4 is 0 Å². The fourth-order valence-corrected chi connectivity index (χ4v) is 6.31. The van der Waals surface area contributed by atoms with Crippen LogP contribution >= 0.6 is 0 Å². The molecule has 0 aromatic heterocycles. The molecule has 2 heterocycles. The van der Waals surface area contributed by atoms with Gasteiger partial charge in [0.1, 0.15) is 73.5 Å². The number of benzene rings is 4. The van der Waals surface area contributed by atoms with E-state index in [1.807, 2.05) is 0 Å². The second kappa shape index (κ2) is 15.3. The highest BCUT2D eigenvalue weighted by Gasteiger charge is 2.45. The van der Waals surface area contributed by atoms with Crippen LogP contribution in [-0.2, 0) is 9.47 Å². The first-order valence-corrected chi connectivity index (χ1v) is 17.5. The van der Waals surface area contributed by atoms with Crippen molar-refractivity contribution in [2.24, 2.45) is 0 Å². The van der Waals surface area contributed by atoms with Crippen LogP contribution in [0, 0.1) is 27.7 Å². The molecule has 5 atom stereocenters. The van der Waals surface area contributed by atoms with Crippen LogP contribution in [0.1, 0.15) is 63.3 Å². The number of alkyl halides is 6. The van der Waals surface area contributed by atoms with Crippen molar-refractivity contribution in [2.75, 3.05) is 33.0 Å². The molecular weight excluding hydrogens is 718 g/mol. The second-order valence-corrected chi connectivity index (χ2v) is 14.1. The maximum Gasteiger partial charge on any atom is 0.399 e. The van der Waals surface area contributed by atoms with E-state index in [2.05, 4.69) is 0 Å². The van der Waals surface area contributed by atoms with E-state index in [0.717, 1.165) is 0 Å². The molecule has 0 aliphatic carbocycles. The fraction of sp³-hybridized carbons (Fsp3) is 0.415. The van der Waals surface area contributed by atoms with Crippen LogP contribution < -0.4 is 18.9 Å². The zero-order valence-electron chi connectivity index (χ0n) is 30.4. The lowest BCUT2D eigenvalue weighted by atomic mass is 9.88. The predicted octanol–water partition coefficient (Wildman–Crippen LogP) is 9.03. The molecule has 0 radical (unpaired) electrons. The Bertz CT molecular complexity index is 1950. The summed E-state index contributed by atoms with van der Waals surface area (Å²) >= 11 is 0. The molecule has 0 amide bonds. The Labute approximate surface area is 309 Å². The molecule has 54 heavy (non-hydrogen) atoms. The first-order valence-electron chi connectivity index (χ1n) is 17.5. The van der Waals surface area contributed by atoms with Crippen LogP contribution in [0.3, 0.4) is 0 Å². The summed E-state index contributed by atoms with van der Waals surface area (Å²) in [5.74, 6) is -3.04. The highest BCUT2D eigenvalue weighted by molar-refractivity contribution is 5.47. The van der Waals surface area contributed by atoms with Gasteiger partial charge in [0.25, 0.3) is 0 Å². The van der Waals surface area contributed by atoms with E-state index in [-0.39, 0.29) is 53.1 Å². The first kappa shape index (κ1) is 39.2. The van der Waals surface area contributed by atoms with E-state index in [0.29, 0.717) is 53.6 Å². The third kappa shape index (κ3) is 9.60. The molecule has 0 saturated carbocycles. The number of hydrogen-bond donors (Lipinski definition) is 1. The monoisotopic (exact) mass is 760 g/mol. The van der Waals surface area contributed by atoms with Crippen LogP contribution in [0.15, 0.2) is 72.8 Å². The standard InChI is InChI=1S/C41H42F6O7/c1-23-14-27(37(40(42,43)44)29-8-12-35(25(3)16-29)52-21-32-20-49-32)6-10-33(23)50-18-31(48)19-51-34-11-7-28(15-24(34)2)38(41(45,46)47)30-9-13-36(26(4)17-30)54-39(5)22-53-39/h6-17,31-32,37-38,48H,18-22H2,1-5H3. The van der Waals surface area contributed by atoms with Crippen molar-refractivity contribution in [3.05, 3.63) is 117 Å². The molecule has 0 spiro atoms. The Kier molecular flexibility index (Phi) is 11.2. The molecule has 5 unspecified atom stereocenters. The van der Waals surface area contributed by atoms with E-state index in [1.165, 1.54) is 72.8 Å².